The first-order valence-corrected chi connectivity index (χ1v) is 8.62. The van der Waals surface area contributed by atoms with Crippen LogP contribution in [0.2, 0.25) is 0 Å². The molecule has 3 rings (SSSR count). The minimum Gasteiger partial charge on any atom is -0.493 e. The summed E-state index contributed by atoms with van der Waals surface area (Å²) < 4.78 is 34.8. The highest BCUT2D eigenvalue weighted by atomic mass is 19.3. The van der Waals surface area contributed by atoms with Crippen molar-refractivity contribution in [1.29, 1.82) is 0 Å². The first-order chi connectivity index (χ1) is 13.6. The second kappa shape index (κ2) is 8.99. The molecule has 0 aliphatic carbocycles. The zero-order valence-corrected chi connectivity index (χ0v) is 15.1. The van der Waals surface area contributed by atoms with Gasteiger partial charge in [0.2, 0.25) is 5.91 Å². The van der Waals surface area contributed by atoms with Crippen LogP contribution in [0.5, 0.6) is 11.5 Å². The van der Waals surface area contributed by atoms with Crippen molar-refractivity contribution in [2.75, 3.05) is 12.4 Å². The lowest BCUT2D eigenvalue weighted by molar-refractivity contribution is -0.116. The molecule has 0 spiro atoms. The molecule has 1 amide bonds. The monoisotopic (exact) mass is 383 g/mol. The normalized spacial score (nSPS) is 10.8. The van der Waals surface area contributed by atoms with Crippen LogP contribution in [0, 0.1) is 0 Å². The number of anilines is 1. The van der Waals surface area contributed by atoms with Crippen LogP contribution < -0.4 is 14.8 Å². The fraction of sp³-hybridized carbons (Fsp3) is 0.136. The molecule has 3 aromatic rings. The summed E-state index contributed by atoms with van der Waals surface area (Å²) in [6.07, 6.45) is 0. The van der Waals surface area contributed by atoms with E-state index in [0.717, 1.165) is 11.1 Å². The molecular weight excluding hydrogens is 364 g/mol. The molecule has 0 radical (unpaired) electrons. The molecule has 0 saturated carbocycles. The Labute approximate surface area is 161 Å². The molecular formula is C22H19F2NO3. The summed E-state index contributed by atoms with van der Waals surface area (Å²) >= 11 is 0. The third-order valence-electron chi connectivity index (χ3n) is 4.18. The minimum atomic E-state index is -3.00. The summed E-state index contributed by atoms with van der Waals surface area (Å²) in [5.74, 6) is -0.832. The van der Waals surface area contributed by atoms with Crippen molar-refractivity contribution in [3.8, 4) is 11.5 Å². The van der Waals surface area contributed by atoms with Crippen molar-refractivity contribution in [3.05, 3.63) is 90.0 Å². The van der Waals surface area contributed by atoms with Crippen LogP contribution in [0.1, 0.15) is 17.0 Å². The van der Waals surface area contributed by atoms with Gasteiger partial charge in [0.25, 0.3) is 0 Å². The quantitative estimate of drug-likeness (QED) is 0.620. The lowest BCUT2D eigenvalue weighted by atomic mass is 9.90. The second-order valence-corrected chi connectivity index (χ2v) is 5.99. The maximum absolute atomic E-state index is 13.1. The van der Waals surface area contributed by atoms with Crippen molar-refractivity contribution in [2.24, 2.45) is 0 Å². The van der Waals surface area contributed by atoms with Crippen LogP contribution in [0.25, 0.3) is 0 Å². The maximum Gasteiger partial charge on any atom is 0.387 e. The van der Waals surface area contributed by atoms with Gasteiger partial charge in [-0.3, -0.25) is 4.79 Å². The lowest BCUT2D eigenvalue weighted by Gasteiger charge is -2.18. The van der Waals surface area contributed by atoms with Crippen LogP contribution in [-0.2, 0) is 4.79 Å². The first kappa shape index (κ1) is 19.4. The average molecular weight is 383 g/mol. The number of hydrogen-bond donors (Lipinski definition) is 1. The number of amides is 1. The predicted molar refractivity (Wildman–Crippen MR) is 103 cm³/mol. The number of carbonyl (C=O) groups excluding carboxylic acids is 1. The zero-order valence-electron chi connectivity index (χ0n) is 15.1. The third-order valence-corrected chi connectivity index (χ3v) is 4.18. The maximum atomic E-state index is 13.1. The summed E-state index contributed by atoms with van der Waals surface area (Å²) in [6.45, 7) is -3.00. The summed E-state index contributed by atoms with van der Waals surface area (Å²) in [5, 5.41) is 2.78. The van der Waals surface area contributed by atoms with Crippen LogP contribution in [-0.4, -0.2) is 19.6 Å². The van der Waals surface area contributed by atoms with E-state index in [4.69, 9.17) is 4.74 Å². The molecule has 0 aromatic heterocycles. The number of halogens is 2. The molecule has 144 valence electrons. The topological polar surface area (TPSA) is 47.6 Å². The molecule has 0 heterocycles. The smallest absolute Gasteiger partial charge is 0.387 e. The van der Waals surface area contributed by atoms with E-state index in [2.05, 4.69) is 10.1 Å². The first-order valence-electron chi connectivity index (χ1n) is 8.62. The predicted octanol–water partition coefficient (Wildman–Crippen LogP) is 5.07. The second-order valence-electron chi connectivity index (χ2n) is 5.99. The van der Waals surface area contributed by atoms with Crippen molar-refractivity contribution in [2.45, 2.75) is 12.5 Å². The highest BCUT2D eigenvalue weighted by molar-refractivity contribution is 5.98. The van der Waals surface area contributed by atoms with Crippen LogP contribution in [0.3, 0.4) is 0 Å². The van der Waals surface area contributed by atoms with Gasteiger partial charge in [-0.15, -0.1) is 0 Å². The van der Waals surface area contributed by atoms with Crippen LogP contribution in [0.4, 0.5) is 14.5 Å². The Morgan fingerprint density at radius 1 is 0.857 bits per heavy atom. The number of benzene rings is 3. The average Bonchev–Trinajstić information content (AvgIpc) is 2.70. The van der Waals surface area contributed by atoms with E-state index in [1.54, 1.807) is 6.07 Å². The van der Waals surface area contributed by atoms with Crippen molar-refractivity contribution < 1.29 is 23.0 Å². The number of carbonyl (C=O) groups is 1. The number of ether oxygens (including phenoxy) is 2. The molecule has 1 N–H and O–H groups in total. The summed E-state index contributed by atoms with van der Waals surface area (Å²) in [7, 11) is 1.35. The van der Waals surface area contributed by atoms with E-state index in [-0.39, 0.29) is 17.4 Å². The van der Waals surface area contributed by atoms with E-state index in [0.29, 0.717) is 5.69 Å². The molecule has 0 aliphatic rings. The van der Waals surface area contributed by atoms with E-state index < -0.39 is 12.5 Å². The number of methoxy groups -OCH3 is 1. The van der Waals surface area contributed by atoms with E-state index in [9.17, 15) is 13.6 Å². The van der Waals surface area contributed by atoms with Gasteiger partial charge in [-0.2, -0.15) is 8.78 Å². The molecule has 0 saturated heterocycles. The molecule has 3 aromatic carbocycles. The van der Waals surface area contributed by atoms with Crippen molar-refractivity contribution >= 4 is 11.6 Å². The standard InChI is InChI=1S/C22H19F2NO3/c1-27-18-13-12-17(14-19(18)28-22(23)24)25-21(26)20(15-8-4-2-5-9-15)16-10-6-3-7-11-16/h2-14,20,22H,1H3,(H,25,26). The molecule has 0 aliphatic heterocycles. The van der Waals surface area contributed by atoms with Crippen LogP contribution >= 0.6 is 0 Å². The Kier molecular flexibility index (Phi) is 6.22. The summed E-state index contributed by atoms with van der Waals surface area (Å²) in [6, 6.07) is 23.0. The van der Waals surface area contributed by atoms with Gasteiger partial charge in [-0.1, -0.05) is 60.7 Å². The molecule has 6 heteroatoms. The largest absolute Gasteiger partial charge is 0.493 e. The Balaban J connectivity index is 1.90. The Morgan fingerprint density at radius 3 is 1.93 bits per heavy atom. The SMILES string of the molecule is COc1ccc(NC(=O)C(c2ccccc2)c2ccccc2)cc1OC(F)F. The van der Waals surface area contributed by atoms with Gasteiger partial charge in [0.1, 0.15) is 0 Å². The van der Waals surface area contributed by atoms with Gasteiger partial charge in [-0.05, 0) is 23.3 Å². The Bertz CT molecular complexity index is 878. The van der Waals surface area contributed by atoms with Crippen LogP contribution in [0.15, 0.2) is 78.9 Å². The number of hydrogen-bond acceptors (Lipinski definition) is 3. The van der Waals surface area contributed by atoms with E-state index in [1.165, 1.54) is 19.2 Å². The molecule has 4 nitrogen and oxygen atoms in total. The van der Waals surface area contributed by atoms with E-state index >= 15 is 0 Å². The minimum absolute atomic E-state index is 0.147. The van der Waals surface area contributed by atoms with Gasteiger partial charge in [0.15, 0.2) is 11.5 Å². The molecule has 0 atom stereocenters. The molecule has 0 bridgehead atoms. The fourth-order valence-electron chi connectivity index (χ4n) is 2.94. The Hall–Kier alpha value is -3.41. The van der Waals surface area contributed by atoms with Gasteiger partial charge in [-0.25, -0.2) is 0 Å². The van der Waals surface area contributed by atoms with Crippen molar-refractivity contribution in [3.63, 3.8) is 0 Å². The van der Waals surface area contributed by atoms with Crippen molar-refractivity contribution in [1.82, 2.24) is 0 Å². The molecule has 28 heavy (non-hydrogen) atoms. The molecule has 0 fully saturated rings. The lowest BCUT2D eigenvalue weighted by Crippen LogP contribution is -2.22. The molecule has 0 unspecified atom stereocenters. The van der Waals surface area contributed by atoms with E-state index in [1.807, 2.05) is 60.7 Å². The number of rotatable bonds is 7. The number of nitrogens with one attached hydrogen (secondary N) is 1. The van der Waals surface area contributed by atoms with Gasteiger partial charge < -0.3 is 14.8 Å². The highest BCUT2D eigenvalue weighted by Gasteiger charge is 2.23. The highest BCUT2D eigenvalue weighted by Crippen LogP contribution is 2.33. The number of alkyl halides is 2. The third kappa shape index (κ3) is 4.65. The summed E-state index contributed by atoms with van der Waals surface area (Å²) in [5.41, 5.74) is 1.98. The summed E-state index contributed by atoms with van der Waals surface area (Å²) in [4.78, 5) is 13.1. The Morgan fingerprint density at radius 2 is 1.43 bits per heavy atom. The van der Waals surface area contributed by atoms with Gasteiger partial charge >= 0.3 is 6.61 Å². The van der Waals surface area contributed by atoms with Gasteiger partial charge in [0, 0.05) is 11.8 Å². The fourth-order valence-corrected chi connectivity index (χ4v) is 2.94. The zero-order chi connectivity index (χ0) is 19.9. The van der Waals surface area contributed by atoms with Gasteiger partial charge in [0.05, 0.1) is 13.0 Å².